The normalized spacial score (nSPS) is 16.3. The van der Waals surface area contributed by atoms with Gasteiger partial charge in [-0.1, -0.05) is 164 Å². The van der Waals surface area contributed by atoms with Crippen molar-refractivity contribution in [3.05, 3.63) is 150 Å². The number of rotatable bonds is 2. The van der Waals surface area contributed by atoms with E-state index in [-0.39, 0.29) is 18.3 Å². The number of nitrogens with zero attached hydrogens (tertiary/aromatic N) is 1. The lowest BCUT2D eigenvalue weighted by Gasteiger charge is -2.42. The molecule has 9 rings (SSSR count). The van der Waals surface area contributed by atoms with Crippen LogP contribution in [0.25, 0.3) is 32.3 Å². The summed E-state index contributed by atoms with van der Waals surface area (Å²) in [5, 5.41) is 19.2. The molecule has 1 N–H and O–H groups in total. The van der Waals surface area contributed by atoms with Crippen molar-refractivity contribution in [1.29, 1.82) is 0 Å². The zero-order chi connectivity index (χ0) is 34.0. The number of para-hydroxylation sites is 3. The molecule has 1 heterocycles. The number of fused-ring (bicyclic) bond motifs is 2. The third kappa shape index (κ3) is 5.55. The van der Waals surface area contributed by atoms with Gasteiger partial charge in [-0.2, -0.15) is 0 Å². The van der Waals surface area contributed by atoms with Crippen molar-refractivity contribution in [3.63, 3.8) is 0 Å². The first-order valence-corrected chi connectivity index (χ1v) is 18.1. The molecule has 0 radical (unpaired) electrons. The third-order valence-corrected chi connectivity index (χ3v) is 11.3. The average Bonchev–Trinajstić information content (AvgIpc) is 3.11. The van der Waals surface area contributed by atoms with Gasteiger partial charge in [0, 0.05) is 11.1 Å². The Morgan fingerprint density at radius 3 is 1.68 bits per heavy atom. The van der Waals surface area contributed by atoms with Crippen LogP contribution in [0.3, 0.4) is 0 Å². The summed E-state index contributed by atoms with van der Waals surface area (Å²) in [7, 11) is 0. The molecule has 0 unspecified atom stereocenters. The van der Waals surface area contributed by atoms with E-state index in [0.717, 1.165) is 31.2 Å². The minimum absolute atomic E-state index is 0. The summed E-state index contributed by atoms with van der Waals surface area (Å²) in [6.45, 7) is 11.4. The van der Waals surface area contributed by atoms with E-state index in [1.165, 1.54) is 72.5 Å². The van der Waals surface area contributed by atoms with Gasteiger partial charge in [0.25, 0.3) is 0 Å². The van der Waals surface area contributed by atoms with Gasteiger partial charge in [-0.3, -0.25) is 0 Å². The van der Waals surface area contributed by atoms with Gasteiger partial charge in [0.1, 0.15) is 0 Å². The lowest BCUT2D eigenvalue weighted by molar-refractivity contribution is 0.000782. The van der Waals surface area contributed by atoms with Crippen LogP contribution >= 0.6 is 0 Å². The lowest BCUT2D eigenvalue weighted by atomic mass is 9.73. The summed E-state index contributed by atoms with van der Waals surface area (Å²) in [5.74, 6) is 0. The molecule has 1 saturated carbocycles. The van der Waals surface area contributed by atoms with Crippen molar-refractivity contribution >= 4 is 49.4 Å². The van der Waals surface area contributed by atoms with Crippen LogP contribution in [0.1, 0.15) is 96.4 Å². The van der Waals surface area contributed by atoms with Crippen LogP contribution in [0.2, 0.25) is 0 Å². The van der Waals surface area contributed by atoms with E-state index in [1.807, 2.05) is 0 Å². The average molecular weight is 658 g/mol. The molecule has 0 amide bonds. The molecule has 50 heavy (non-hydrogen) atoms. The maximum atomic E-state index is 11.4. The Kier molecular flexibility index (Phi) is 8.51. The molecule has 7 aromatic carbocycles. The highest BCUT2D eigenvalue weighted by Crippen LogP contribution is 2.51. The molecule has 2 aliphatic rings. The molecular formula is C48H51NO. The summed E-state index contributed by atoms with van der Waals surface area (Å²) in [6.07, 6.45) is 5.24. The molecule has 254 valence electrons. The van der Waals surface area contributed by atoms with Crippen molar-refractivity contribution in [2.24, 2.45) is 0 Å². The van der Waals surface area contributed by atoms with Crippen molar-refractivity contribution < 1.29 is 5.11 Å². The Morgan fingerprint density at radius 1 is 0.560 bits per heavy atom. The van der Waals surface area contributed by atoms with Crippen LogP contribution in [-0.4, -0.2) is 5.11 Å². The molecule has 1 aliphatic carbocycles. The van der Waals surface area contributed by atoms with Gasteiger partial charge in [0.05, 0.1) is 17.0 Å². The Morgan fingerprint density at radius 2 is 1.08 bits per heavy atom. The van der Waals surface area contributed by atoms with Crippen LogP contribution in [0, 0.1) is 0 Å². The molecule has 1 fully saturated rings. The number of hydrogen-bond acceptors (Lipinski definition) is 2. The highest BCUT2D eigenvalue weighted by molar-refractivity contribution is 6.23. The van der Waals surface area contributed by atoms with E-state index in [4.69, 9.17) is 0 Å². The summed E-state index contributed by atoms with van der Waals surface area (Å²) in [5.41, 5.74) is 8.48. The van der Waals surface area contributed by atoms with Gasteiger partial charge < -0.3 is 10.0 Å². The van der Waals surface area contributed by atoms with Crippen molar-refractivity contribution in [2.45, 2.75) is 90.6 Å². The van der Waals surface area contributed by atoms with Gasteiger partial charge >= 0.3 is 0 Å². The fraction of sp³-hybridized carbons (Fsp3) is 0.292. The molecule has 2 nitrogen and oxygen atoms in total. The molecule has 1 aliphatic heterocycles. The van der Waals surface area contributed by atoms with E-state index < -0.39 is 5.60 Å². The minimum atomic E-state index is -0.670. The quantitative estimate of drug-likeness (QED) is 0.187. The topological polar surface area (TPSA) is 23.5 Å². The van der Waals surface area contributed by atoms with Crippen LogP contribution in [0.4, 0.5) is 17.1 Å². The van der Waals surface area contributed by atoms with Crippen LogP contribution in [0.5, 0.6) is 0 Å². The van der Waals surface area contributed by atoms with Gasteiger partial charge in [-0.25, -0.2) is 0 Å². The van der Waals surface area contributed by atoms with E-state index in [2.05, 4.69) is 167 Å². The Labute approximate surface area is 298 Å². The molecular weight excluding hydrogens is 607 g/mol. The predicted octanol–water partition coefficient (Wildman–Crippen LogP) is 13.5. The van der Waals surface area contributed by atoms with E-state index in [0.29, 0.717) is 0 Å². The van der Waals surface area contributed by atoms with Crippen molar-refractivity contribution in [3.8, 4) is 0 Å². The number of aliphatic hydroxyl groups is 1. The molecule has 0 saturated heterocycles. The lowest BCUT2D eigenvalue weighted by Crippen LogP contribution is -2.30. The summed E-state index contributed by atoms with van der Waals surface area (Å²) >= 11 is 0. The molecule has 2 heteroatoms. The van der Waals surface area contributed by atoms with Gasteiger partial charge in [-0.05, 0) is 97.1 Å². The first-order valence-electron chi connectivity index (χ1n) is 18.1. The Bertz CT molecular complexity index is 2220. The standard InChI is InChI=1S/C26H28O.C21H19N.CH4/c1-25(2,3)20-15-18-8-7-17-10-12-22(26(27)13-5-4-6-14-26)21-11-9-19(16-20)23(18)24(17)21;1-21(2)17-12-6-8-14-19(17)22(16-10-4-3-5-11-16)20-15-9-7-13-18(20)21;/h7-12,15-16,27H,4-6,13-14H2,1-3H3;3-15H,1-2H3;1H4. The fourth-order valence-corrected chi connectivity index (χ4v) is 8.59. The second kappa shape index (κ2) is 12.6. The molecule has 0 spiro atoms. The van der Waals surface area contributed by atoms with Crippen molar-refractivity contribution in [1.82, 2.24) is 0 Å². The summed E-state index contributed by atoms with van der Waals surface area (Å²) < 4.78 is 0. The maximum absolute atomic E-state index is 11.4. The monoisotopic (exact) mass is 657 g/mol. The molecule has 0 aromatic heterocycles. The highest BCUT2D eigenvalue weighted by atomic mass is 16.3. The van der Waals surface area contributed by atoms with Crippen LogP contribution in [-0.2, 0) is 16.4 Å². The highest BCUT2D eigenvalue weighted by Gasteiger charge is 2.36. The Hall–Kier alpha value is -4.66. The van der Waals surface area contributed by atoms with Gasteiger partial charge in [0.15, 0.2) is 0 Å². The summed E-state index contributed by atoms with van der Waals surface area (Å²) in [4.78, 5) is 2.37. The second-order valence-corrected chi connectivity index (χ2v) is 15.9. The zero-order valence-corrected chi connectivity index (χ0v) is 29.6. The smallest absolute Gasteiger partial charge is 0.0902 e. The maximum Gasteiger partial charge on any atom is 0.0902 e. The first kappa shape index (κ1) is 33.8. The third-order valence-electron chi connectivity index (χ3n) is 11.3. The fourth-order valence-electron chi connectivity index (χ4n) is 8.59. The minimum Gasteiger partial charge on any atom is -0.385 e. The number of hydrogen-bond donors (Lipinski definition) is 1. The predicted molar refractivity (Wildman–Crippen MR) is 216 cm³/mol. The summed E-state index contributed by atoms with van der Waals surface area (Å²) in [6, 6.07) is 46.2. The van der Waals surface area contributed by atoms with Crippen LogP contribution in [0.15, 0.2) is 127 Å². The van der Waals surface area contributed by atoms with Crippen LogP contribution < -0.4 is 4.90 Å². The largest absolute Gasteiger partial charge is 0.385 e. The van der Waals surface area contributed by atoms with Gasteiger partial charge in [0.2, 0.25) is 0 Å². The van der Waals surface area contributed by atoms with Gasteiger partial charge in [-0.15, -0.1) is 0 Å². The Balaban J connectivity index is 0.000000157. The molecule has 7 aromatic rings. The van der Waals surface area contributed by atoms with E-state index in [9.17, 15) is 5.11 Å². The molecule has 0 bridgehead atoms. The number of anilines is 3. The van der Waals surface area contributed by atoms with E-state index >= 15 is 0 Å². The van der Waals surface area contributed by atoms with Crippen molar-refractivity contribution in [2.75, 3.05) is 4.90 Å². The molecule has 0 atom stereocenters. The van der Waals surface area contributed by atoms with E-state index in [1.54, 1.807) is 0 Å². The zero-order valence-electron chi connectivity index (χ0n) is 29.6. The first-order chi connectivity index (χ1) is 23.6. The number of benzene rings is 7. The SMILES string of the molecule is C.CC(C)(C)c1cc2ccc3ccc(C4(O)CCCCC4)c4ccc(c1)c2c34.CC1(C)c2ccccc2N(c2ccccc2)c2ccccc21. The second-order valence-electron chi connectivity index (χ2n) is 15.9.